The highest BCUT2D eigenvalue weighted by Crippen LogP contribution is 2.22. The molecule has 1 aromatic rings. The van der Waals surface area contributed by atoms with Gasteiger partial charge in [0.1, 0.15) is 5.75 Å². The van der Waals surface area contributed by atoms with E-state index in [0.717, 1.165) is 6.07 Å². The summed E-state index contributed by atoms with van der Waals surface area (Å²) in [7, 11) is 0. The first-order valence-electron chi connectivity index (χ1n) is 4.04. The predicted molar refractivity (Wildman–Crippen MR) is 47.8 cm³/mol. The van der Waals surface area contributed by atoms with E-state index in [1.54, 1.807) is 6.07 Å². The van der Waals surface area contributed by atoms with Crippen LogP contribution in [0.1, 0.15) is 22.8 Å². The van der Waals surface area contributed by atoms with Crippen molar-refractivity contribution in [3.05, 3.63) is 29.3 Å². The SMILES string of the molecule is CC(=O)c1ccc(C#N)cc1OC(F)F. The Labute approximate surface area is 84.9 Å². The van der Waals surface area contributed by atoms with Crippen LogP contribution in [0.15, 0.2) is 18.2 Å². The average Bonchev–Trinajstić information content (AvgIpc) is 2.16. The number of carbonyl (C=O) groups excluding carboxylic acids is 1. The molecule has 0 aliphatic rings. The van der Waals surface area contributed by atoms with Crippen LogP contribution in [0.4, 0.5) is 8.78 Å². The van der Waals surface area contributed by atoms with E-state index in [-0.39, 0.29) is 16.9 Å². The molecule has 0 heterocycles. The molecule has 0 spiro atoms. The van der Waals surface area contributed by atoms with Crippen molar-refractivity contribution < 1.29 is 18.3 Å². The second-order valence-corrected chi connectivity index (χ2v) is 2.76. The molecule has 0 aliphatic heterocycles. The van der Waals surface area contributed by atoms with Gasteiger partial charge in [-0.1, -0.05) is 0 Å². The third kappa shape index (κ3) is 2.74. The topological polar surface area (TPSA) is 50.1 Å². The lowest BCUT2D eigenvalue weighted by Gasteiger charge is -2.08. The van der Waals surface area contributed by atoms with Gasteiger partial charge in [-0.05, 0) is 25.1 Å². The summed E-state index contributed by atoms with van der Waals surface area (Å²) in [5.74, 6) is -0.660. The highest BCUT2D eigenvalue weighted by Gasteiger charge is 2.13. The van der Waals surface area contributed by atoms with Gasteiger partial charge >= 0.3 is 6.61 Å². The van der Waals surface area contributed by atoms with E-state index < -0.39 is 12.4 Å². The van der Waals surface area contributed by atoms with Crippen molar-refractivity contribution in [1.82, 2.24) is 0 Å². The summed E-state index contributed by atoms with van der Waals surface area (Å²) in [5, 5.41) is 8.55. The quantitative estimate of drug-likeness (QED) is 0.721. The van der Waals surface area contributed by atoms with E-state index in [1.165, 1.54) is 19.1 Å². The number of ketones is 1. The van der Waals surface area contributed by atoms with Crippen LogP contribution in [0.2, 0.25) is 0 Å². The molecule has 0 amide bonds. The van der Waals surface area contributed by atoms with Gasteiger partial charge in [0.2, 0.25) is 0 Å². The number of ether oxygens (including phenoxy) is 1. The molecule has 0 atom stereocenters. The monoisotopic (exact) mass is 211 g/mol. The van der Waals surface area contributed by atoms with Crippen molar-refractivity contribution in [1.29, 1.82) is 5.26 Å². The van der Waals surface area contributed by atoms with Crippen LogP contribution in [-0.4, -0.2) is 12.4 Å². The van der Waals surface area contributed by atoms with Gasteiger partial charge < -0.3 is 4.74 Å². The third-order valence-corrected chi connectivity index (χ3v) is 1.71. The van der Waals surface area contributed by atoms with Crippen LogP contribution >= 0.6 is 0 Å². The lowest BCUT2D eigenvalue weighted by Crippen LogP contribution is -2.06. The van der Waals surface area contributed by atoms with Gasteiger partial charge in [-0.3, -0.25) is 4.79 Å². The Kier molecular flexibility index (Phi) is 3.34. The lowest BCUT2D eigenvalue weighted by atomic mass is 10.1. The summed E-state index contributed by atoms with van der Waals surface area (Å²) in [6.07, 6.45) is 0. The Morgan fingerprint density at radius 3 is 2.67 bits per heavy atom. The molecule has 0 fully saturated rings. The Hall–Kier alpha value is -1.96. The maximum Gasteiger partial charge on any atom is 0.387 e. The number of Topliss-reactive ketones (excluding diaryl/α,β-unsaturated/α-hetero) is 1. The van der Waals surface area contributed by atoms with E-state index in [9.17, 15) is 13.6 Å². The number of benzene rings is 1. The van der Waals surface area contributed by atoms with Crippen LogP contribution in [0, 0.1) is 11.3 Å². The van der Waals surface area contributed by atoms with Crippen LogP contribution in [0.3, 0.4) is 0 Å². The Bertz CT molecular complexity index is 424. The second kappa shape index (κ2) is 4.51. The average molecular weight is 211 g/mol. The van der Waals surface area contributed by atoms with Crippen LogP contribution < -0.4 is 4.74 Å². The number of hydrogen-bond donors (Lipinski definition) is 0. The highest BCUT2D eigenvalue weighted by molar-refractivity contribution is 5.97. The fourth-order valence-corrected chi connectivity index (χ4v) is 1.08. The zero-order valence-electron chi connectivity index (χ0n) is 7.83. The van der Waals surface area contributed by atoms with Crippen LogP contribution in [0.5, 0.6) is 5.75 Å². The molecule has 1 rings (SSSR count). The summed E-state index contributed by atoms with van der Waals surface area (Å²) in [6.45, 7) is -1.78. The van der Waals surface area contributed by atoms with Gasteiger partial charge in [-0.2, -0.15) is 14.0 Å². The van der Waals surface area contributed by atoms with Gasteiger partial charge in [-0.15, -0.1) is 0 Å². The first-order valence-corrected chi connectivity index (χ1v) is 4.04. The second-order valence-electron chi connectivity index (χ2n) is 2.76. The lowest BCUT2D eigenvalue weighted by molar-refractivity contribution is -0.0501. The van der Waals surface area contributed by atoms with Crippen molar-refractivity contribution >= 4 is 5.78 Å². The molecular weight excluding hydrogens is 204 g/mol. The predicted octanol–water partition coefficient (Wildman–Crippen LogP) is 2.36. The number of nitriles is 1. The molecule has 0 saturated carbocycles. The maximum absolute atomic E-state index is 12.0. The molecule has 0 radical (unpaired) electrons. The van der Waals surface area contributed by atoms with Crippen molar-refractivity contribution in [2.24, 2.45) is 0 Å². The van der Waals surface area contributed by atoms with Crippen molar-refractivity contribution in [3.8, 4) is 11.8 Å². The normalized spacial score (nSPS) is 9.80. The molecule has 0 unspecified atom stereocenters. The van der Waals surface area contributed by atoms with Crippen LogP contribution in [-0.2, 0) is 0 Å². The molecule has 5 heteroatoms. The van der Waals surface area contributed by atoms with Crippen molar-refractivity contribution in [2.45, 2.75) is 13.5 Å². The minimum absolute atomic E-state index is 0.0364. The van der Waals surface area contributed by atoms with Gasteiger partial charge in [0.15, 0.2) is 5.78 Å². The maximum atomic E-state index is 12.0. The number of hydrogen-bond acceptors (Lipinski definition) is 3. The summed E-state index contributed by atoms with van der Waals surface area (Å²) < 4.78 is 28.1. The van der Waals surface area contributed by atoms with Gasteiger partial charge in [-0.25, -0.2) is 0 Å². The molecule has 15 heavy (non-hydrogen) atoms. The van der Waals surface area contributed by atoms with E-state index in [0.29, 0.717) is 0 Å². The molecule has 0 aromatic heterocycles. The molecule has 0 N–H and O–H groups in total. The van der Waals surface area contributed by atoms with E-state index in [2.05, 4.69) is 4.74 Å². The minimum Gasteiger partial charge on any atom is -0.434 e. The standard InChI is InChI=1S/C10H7F2NO2/c1-6(14)8-3-2-7(5-13)4-9(8)15-10(11)12/h2-4,10H,1H3. The zero-order chi connectivity index (χ0) is 11.4. The fourth-order valence-electron chi connectivity index (χ4n) is 1.08. The van der Waals surface area contributed by atoms with Crippen molar-refractivity contribution in [3.63, 3.8) is 0 Å². The molecule has 1 aromatic carbocycles. The van der Waals surface area contributed by atoms with E-state index in [4.69, 9.17) is 5.26 Å². The Balaban J connectivity index is 3.17. The van der Waals surface area contributed by atoms with Gasteiger partial charge in [0.25, 0.3) is 0 Å². The number of halogens is 2. The third-order valence-electron chi connectivity index (χ3n) is 1.71. The Morgan fingerprint density at radius 1 is 1.53 bits per heavy atom. The molecule has 0 aliphatic carbocycles. The molecule has 0 bridgehead atoms. The zero-order valence-corrected chi connectivity index (χ0v) is 7.83. The molecule has 78 valence electrons. The molecular formula is C10H7F2NO2. The summed E-state index contributed by atoms with van der Waals surface area (Å²) in [6, 6.07) is 5.54. The first kappa shape index (κ1) is 11.1. The number of nitrogens with zero attached hydrogens (tertiary/aromatic N) is 1. The van der Waals surface area contributed by atoms with E-state index >= 15 is 0 Å². The number of alkyl halides is 2. The highest BCUT2D eigenvalue weighted by atomic mass is 19.3. The Morgan fingerprint density at radius 2 is 2.20 bits per heavy atom. The number of rotatable bonds is 3. The van der Waals surface area contributed by atoms with Gasteiger partial charge in [0, 0.05) is 0 Å². The molecule has 3 nitrogen and oxygen atoms in total. The summed E-state index contributed by atoms with van der Waals surface area (Å²) >= 11 is 0. The van der Waals surface area contributed by atoms with Gasteiger partial charge in [0.05, 0.1) is 17.2 Å². The summed E-state index contributed by atoms with van der Waals surface area (Å²) in [4.78, 5) is 11.0. The number of carbonyl (C=O) groups is 1. The van der Waals surface area contributed by atoms with Crippen molar-refractivity contribution in [2.75, 3.05) is 0 Å². The smallest absolute Gasteiger partial charge is 0.387 e. The van der Waals surface area contributed by atoms with E-state index in [1.807, 2.05) is 0 Å². The first-order chi connectivity index (χ1) is 7.04. The minimum atomic E-state index is -3.02. The molecule has 0 saturated heterocycles. The fraction of sp³-hybridized carbons (Fsp3) is 0.200. The largest absolute Gasteiger partial charge is 0.434 e. The summed E-state index contributed by atoms with van der Waals surface area (Å²) in [5.41, 5.74) is 0.199. The van der Waals surface area contributed by atoms with Crippen LogP contribution in [0.25, 0.3) is 0 Å².